The van der Waals surface area contributed by atoms with Gasteiger partial charge in [0.15, 0.2) is 41.2 Å². The van der Waals surface area contributed by atoms with E-state index in [0.29, 0.717) is 53.4 Å². The molecular weight excluding hydrogens is 819 g/mol. The molecule has 0 bridgehead atoms. The van der Waals surface area contributed by atoms with Crippen molar-refractivity contribution in [2.24, 2.45) is 35.5 Å². The Hall–Kier alpha value is -3.90. The van der Waals surface area contributed by atoms with Crippen molar-refractivity contribution in [2.45, 2.75) is 112 Å². The zero-order chi connectivity index (χ0) is 43.9. The number of rotatable bonds is 12. The van der Waals surface area contributed by atoms with E-state index in [0.717, 1.165) is 41.7 Å². The van der Waals surface area contributed by atoms with Crippen LogP contribution in [0.1, 0.15) is 118 Å². The van der Waals surface area contributed by atoms with E-state index in [1.807, 2.05) is 12.1 Å². The van der Waals surface area contributed by atoms with Crippen LogP contribution in [0, 0.1) is 70.4 Å². The van der Waals surface area contributed by atoms with Crippen LogP contribution < -0.4 is 4.74 Å². The second-order valence-electron chi connectivity index (χ2n) is 16.9. The standard InChI is InChI=1S/C25H29F3O2.C13H9F3O.C12H24O2.2CH4/c1-2-3-16-4-6-18(7-5-16)21-14-29-25(30-15-21)19-10-8-17(9-11-19)20-12-22(26)24(28)23(27)13-20;1-17-10-4-2-8(3-5-10)9-6-11(14)13(16)12(15)7-9;1-2-3-10-4-6-11(7-5-10)12(8-13)9-14;;/h8-13,16,18,21,25H,2-7,14-15H2,1H3;2-7H,1H3;10-14H,2-9H2,1H3;2*1H4. The maximum Gasteiger partial charge on any atom is 0.194 e. The number of methoxy groups -OCH3 is 1. The van der Waals surface area contributed by atoms with Crippen LogP contribution in [0.25, 0.3) is 22.3 Å². The van der Waals surface area contributed by atoms with Gasteiger partial charge in [0.25, 0.3) is 0 Å². The van der Waals surface area contributed by atoms with Gasteiger partial charge in [0, 0.05) is 30.6 Å². The predicted octanol–water partition coefficient (Wildman–Crippen LogP) is 14.3. The molecule has 2 saturated carbocycles. The topological polar surface area (TPSA) is 68.2 Å². The zero-order valence-corrected chi connectivity index (χ0v) is 35.7. The van der Waals surface area contributed by atoms with Gasteiger partial charge in [-0.05, 0) is 108 Å². The molecule has 0 atom stereocenters. The van der Waals surface area contributed by atoms with Crippen LogP contribution in [0.15, 0.2) is 72.8 Å². The van der Waals surface area contributed by atoms with E-state index >= 15 is 0 Å². The number of aliphatic hydroxyl groups excluding tert-OH is 2. The Morgan fingerprint density at radius 1 is 0.556 bits per heavy atom. The summed E-state index contributed by atoms with van der Waals surface area (Å²) in [5, 5.41) is 18.2. The minimum Gasteiger partial charge on any atom is -0.497 e. The van der Waals surface area contributed by atoms with Gasteiger partial charge in [0.05, 0.1) is 20.3 Å². The molecule has 63 heavy (non-hydrogen) atoms. The molecule has 4 aromatic rings. The molecule has 2 aliphatic carbocycles. The third kappa shape index (κ3) is 15.1. The summed E-state index contributed by atoms with van der Waals surface area (Å²) in [6, 6.07) is 17.7. The highest BCUT2D eigenvalue weighted by atomic mass is 19.2. The normalized spacial score (nSPS) is 22.0. The van der Waals surface area contributed by atoms with E-state index < -0.39 is 41.2 Å². The van der Waals surface area contributed by atoms with Crippen LogP contribution in [0.4, 0.5) is 26.3 Å². The lowest BCUT2D eigenvalue weighted by Gasteiger charge is -2.37. The Morgan fingerprint density at radius 3 is 1.33 bits per heavy atom. The van der Waals surface area contributed by atoms with Crippen molar-refractivity contribution in [3.05, 3.63) is 113 Å². The van der Waals surface area contributed by atoms with Gasteiger partial charge in [-0.2, -0.15) is 0 Å². The largest absolute Gasteiger partial charge is 0.497 e. The van der Waals surface area contributed by atoms with Crippen molar-refractivity contribution in [3.8, 4) is 28.0 Å². The van der Waals surface area contributed by atoms with E-state index in [9.17, 15) is 26.3 Å². The summed E-state index contributed by atoms with van der Waals surface area (Å²) in [6.07, 6.45) is 15.0. The van der Waals surface area contributed by atoms with Crippen LogP contribution in [-0.2, 0) is 9.47 Å². The zero-order valence-electron chi connectivity index (χ0n) is 35.7. The molecular formula is C52H70F6O5. The molecule has 0 amide bonds. The Kier molecular flexibility index (Phi) is 22.7. The molecule has 11 heteroatoms. The maximum absolute atomic E-state index is 13.5. The highest BCUT2D eigenvalue weighted by molar-refractivity contribution is 5.65. The number of hydrogen-bond donors (Lipinski definition) is 2. The van der Waals surface area contributed by atoms with Gasteiger partial charge in [0.1, 0.15) is 5.75 Å². The summed E-state index contributed by atoms with van der Waals surface area (Å²) in [5.41, 5.74) is 2.64. The SMILES string of the molecule is C.C.CCCC1CCC(C(CO)CO)CC1.CCCC1CCC(C2COC(c3ccc(-c4cc(F)c(F)c(F)c4)cc3)OC2)CC1.COc1ccc(-c2cc(F)c(F)c(F)c2)cc1. The first-order chi connectivity index (χ1) is 29.5. The van der Waals surface area contributed by atoms with E-state index in [-0.39, 0.29) is 39.5 Å². The number of halogens is 6. The molecule has 2 N–H and O–H groups in total. The number of hydrogen-bond acceptors (Lipinski definition) is 5. The molecule has 4 aromatic carbocycles. The summed E-state index contributed by atoms with van der Waals surface area (Å²) < 4.78 is 96.0. The molecule has 0 unspecified atom stereocenters. The Balaban J connectivity index is 0.000000273. The molecule has 7 rings (SSSR count). The van der Waals surface area contributed by atoms with Gasteiger partial charge < -0.3 is 24.4 Å². The molecule has 3 fully saturated rings. The monoisotopic (exact) mass is 889 g/mol. The first-order valence-electron chi connectivity index (χ1n) is 22.0. The fourth-order valence-corrected chi connectivity index (χ4v) is 9.11. The summed E-state index contributed by atoms with van der Waals surface area (Å²) in [7, 11) is 1.52. The number of benzene rings is 4. The molecule has 1 aliphatic heterocycles. The van der Waals surface area contributed by atoms with E-state index in [2.05, 4.69) is 13.8 Å². The van der Waals surface area contributed by atoms with Crippen LogP contribution in [0.3, 0.4) is 0 Å². The molecule has 0 radical (unpaired) electrons. The van der Waals surface area contributed by atoms with Gasteiger partial charge in [-0.15, -0.1) is 0 Å². The summed E-state index contributed by atoms with van der Waals surface area (Å²) >= 11 is 0. The van der Waals surface area contributed by atoms with Crippen molar-refractivity contribution >= 4 is 0 Å². The van der Waals surface area contributed by atoms with Crippen molar-refractivity contribution in [3.63, 3.8) is 0 Å². The van der Waals surface area contributed by atoms with Crippen molar-refractivity contribution in [1.82, 2.24) is 0 Å². The highest BCUT2D eigenvalue weighted by Crippen LogP contribution is 2.39. The summed E-state index contributed by atoms with van der Waals surface area (Å²) in [6.45, 7) is 6.21. The molecule has 1 heterocycles. The lowest BCUT2D eigenvalue weighted by molar-refractivity contribution is -0.214. The average Bonchev–Trinajstić information content (AvgIpc) is 3.29. The van der Waals surface area contributed by atoms with E-state index in [1.54, 1.807) is 36.4 Å². The van der Waals surface area contributed by atoms with E-state index in [4.69, 9.17) is 24.4 Å². The smallest absolute Gasteiger partial charge is 0.194 e. The van der Waals surface area contributed by atoms with Crippen molar-refractivity contribution in [2.75, 3.05) is 33.5 Å². The third-order valence-electron chi connectivity index (χ3n) is 12.8. The van der Waals surface area contributed by atoms with Crippen LogP contribution in [0.5, 0.6) is 5.75 Å². The number of aliphatic hydroxyl groups is 2. The maximum atomic E-state index is 13.5. The van der Waals surface area contributed by atoms with Crippen LogP contribution in [0.2, 0.25) is 0 Å². The van der Waals surface area contributed by atoms with Gasteiger partial charge in [0.2, 0.25) is 0 Å². The molecule has 3 aliphatic rings. The van der Waals surface area contributed by atoms with Crippen molar-refractivity contribution in [1.29, 1.82) is 0 Å². The molecule has 350 valence electrons. The summed E-state index contributed by atoms with van der Waals surface area (Å²) in [4.78, 5) is 0. The van der Waals surface area contributed by atoms with Crippen LogP contribution >= 0.6 is 0 Å². The van der Waals surface area contributed by atoms with Gasteiger partial charge >= 0.3 is 0 Å². The Labute approximate surface area is 372 Å². The third-order valence-corrected chi connectivity index (χ3v) is 12.8. The fourth-order valence-electron chi connectivity index (χ4n) is 9.11. The summed E-state index contributed by atoms with van der Waals surface area (Å²) in [5.74, 6) is -3.40. The number of ether oxygens (including phenoxy) is 3. The molecule has 0 aromatic heterocycles. The lowest BCUT2D eigenvalue weighted by Crippen LogP contribution is -2.34. The minimum absolute atomic E-state index is 0. The second-order valence-corrected chi connectivity index (χ2v) is 16.9. The molecule has 1 saturated heterocycles. The van der Waals surface area contributed by atoms with Crippen molar-refractivity contribution < 1.29 is 50.8 Å². The predicted molar refractivity (Wildman–Crippen MR) is 240 cm³/mol. The first-order valence-corrected chi connectivity index (χ1v) is 22.0. The Bertz CT molecular complexity index is 1850. The minimum atomic E-state index is -1.46. The highest BCUT2D eigenvalue weighted by Gasteiger charge is 2.32. The quantitative estimate of drug-likeness (QED) is 0.110. The average molecular weight is 889 g/mol. The van der Waals surface area contributed by atoms with Gasteiger partial charge in [-0.25, -0.2) is 26.3 Å². The first kappa shape index (κ1) is 53.4. The molecule has 5 nitrogen and oxygen atoms in total. The fraction of sp³-hybridized carbons (Fsp3) is 0.538. The Morgan fingerprint density at radius 2 is 0.952 bits per heavy atom. The van der Waals surface area contributed by atoms with Gasteiger partial charge in [-0.1, -0.05) is 116 Å². The van der Waals surface area contributed by atoms with E-state index in [1.165, 1.54) is 84.2 Å². The van der Waals surface area contributed by atoms with Crippen LogP contribution in [-0.4, -0.2) is 43.8 Å². The van der Waals surface area contributed by atoms with Gasteiger partial charge in [-0.3, -0.25) is 0 Å². The lowest BCUT2D eigenvalue weighted by atomic mass is 9.75. The molecule has 0 spiro atoms. The second kappa shape index (κ2) is 26.8.